The van der Waals surface area contributed by atoms with Crippen molar-refractivity contribution in [2.45, 2.75) is 45.1 Å². The zero-order valence-corrected chi connectivity index (χ0v) is 9.06. The molecular weight excluding hydrogens is 196 g/mol. The standard InChI is InChI=1S/C11H15ClN2/c12-9-7-14-8-11(6-10(14)13-9)4-2-1-3-5-11/h7H,1-6,8H2. The summed E-state index contributed by atoms with van der Waals surface area (Å²) in [5.41, 5.74) is 0.547. The lowest BCUT2D eigenvalue weighted by Crippen LogP contribution is -2.25. The lowest BCUT2D eigenvalue weighted by Gasteiger charge is -2.32. The van der Waals surface area contributed by atoms with E-state index >= 15 is 0 Å². The number of hydrogen-bond donors (Lipinski definition) is 0. The fourth-order valence-corrected chi connectivity index (χ4v) is 3.30. The molecular formula is C11H15ClN2. The number of nitrogens with zero attached hydrogens (tertiary/aromatic N) is 2. The molecule has 0 N–H and O–H groups in total. The van der Waals surface area contributed by atoms with E-state index in [0.717, 1.165) is 13.0 Å². The van der Waals surface area contributed by atoms with Gasteiger partial charge in [0, 0.05) is 19.2 Å². The zero-order valence-electron chi connectivity index (χ0n) is 8.30. The van der Waals surface area contributed by atoms with Crippen LogP contribution in [-0.2, 0) is 13.0 Å². The average molecular weight is 211 g/mol. The quantitative estimate of drug-likeness (QED) is 0.644. The molecule has 1 fully saturated rings. The molecule has 2 nitrogen and oxygen atoms in total. The first kappa shape index (κ1) is 8.78. The molecule has 1 spiro atoms. The van der Waals surface area contributed by atoms with Crippen LogP contribution in [0.25, 0.3) is 0 Å². The molecule has 0 saturated heterocycles. The first-order chi connectivity index (χ1) is 6.77. The number of hydrogen-bond acceptors (Lipinski definition) is 1. The van der Waals surface area contributed by atoms with Gasteiger partial charge in [0.25, 0.3) is 0 Å². The summed E-state index contributed by atoms with van der Waals surface area (Å²) < 4.78 is 2.26. The number of rotatable bonds is 0. The first-order valence-corrected chi connectivity index (χ1v) is 5.87. The van der Waals surface area contributed by atoms with E-state index in [1.165, 1.54) is 37.9 Å². The van der Waals surface area contributed by atoms with Crippen LogP contribution in [-0.4, -0.2) is 9.55 Å². The van der Waals surface area contributed by atoms with Crippen LogP contribution in [0.1, 0.15) is 37.9 Å². The molecule has 2 heterocycles. The van der Waals surface area contributed by atoms with Crippen LogP contribution in [0.5, 0.6) is 0 Å². The smallest absolute Gasteiger partial charge is 0.147 e. The molecule has 1 aromatic heterocycles. The molecule has 0 radical (unpaired) electrons. The maximum Gasteiger partial charge on any atom is 0.147 e. The molecule has 1 saturated carbocycles. The fraction of sp³-hybridized carbons (Fsp3) is 0.727. The minimum atomic E-state index is 0.547. The topological polar surface area (TPSA) is 17.8 Å². The molecule has 0 unspecified atom stereocenters. The first-order valence-electron chi connectivity index (χ1n) is 5.49. The van der Waals surface area contributed by atoms with Gasteiger partial charge >= 0.3 is 0 Å². The van der Waals surface area contributed by atoms with Crippen molar-refractivity contribution in [1.29, 1.82) is 0 Å². The highest BCUT2D eigenvalue weighted by Crippen LogP contribution is 2.44. The largest absolute Gasteiger partial charge is 0.333 e. The molecule has 1 aliphatic carbocycles. The van der Waals surface area contributed by atoms with Gasteiger partial charge in [0.1, 0.15) is 11.0 Å². The third kappa shape index (κ3) is 1.28. The Hall–Kier alpha value is -0.500. The predicted octanol–water partition coefficient (Wildman–Crippen LogP) is 3.04. The van der Waals surface area contributed by atoms with E-state index in [2.05, 4.69) is 9.55 Å². The third-order valence-corrected chi connectivity index (χ3v) is 3.96. The Morgan fingerprint density at radius 3 is 2.79 bits per heavy atom. The second-order valence-electron chi connectivity index (χ2n) is 4.85. The van der Waals surface area contributed by atoms with Gasteiger partial charge in [0.2, 0.25) is 0 Å². The Bertz CT molecular complexity index is 325. The van der Waals surface area contributed by atoms with Crippen LogP contribution in [0.3, 0.4) is 0 Å². The molecule has 1 aliphatic heterocycles. The molecule has 14 heavy (non-hydrogen) atoms. The maximum atomic E-state index is 5.87. The van der Waals surface area contributed by atoms with Crippen LogP contribution in [0, 0.1) is 5.41 Å². The van der Waals surface area contributed by atoms with Gasteiger partial charge in [-0.1, -0.05) is 30.9 Å². The molecule has 2 aliphatic rings. The Kier molecular flexibility index (Phi) is 1.88. The maximum absolute atomic E-state index is 5.87. The summed E-state index contributed by atoms with van der Waals surface area (Å²) in [4.78, 5) is 4.37. The van der Waals surface area contributed by atoms with Crippen molar-refractivity contribution in [2.75, 3.05) is 0 Å². The molecule has 0 amide bonds. The molecule has 1 aromatic rings. The van der Waals surface area contributed by atoms with Gasteiger partial charge in [0.15, 0.2) is 0 Å². The molecule has 3 rings (SSSR count). The summed E-state index contributed by atoms with van der Waals surface area (Å²) in [6.07, 6.45) is 10.1. The minimum absolute atomic E-state index is 0.547. The summed E-state index contributed by atoms with van der Waals surface area (Å²) in [6.45, 7) is 1.15. The van der Waals surface area contributed by atoms with Crippen LogP contribution < -0.4 is 0 Å². The van der Waals surface area contributed by atoms with Crippen molar-refractivity contribution >= 4 is 11.6 Å². The molecule has 0 bridgehead atoms. The van der Waals surface area contributed by atoms with Gasteiger partial charge in [-0.2, -0.15) is 0 Å². The Morgan fingerprint density at radius 2 is 2.07 bits per heavy atom. The summed E-state index contributed by atoms with van der Waals surface area (Å²) >= 11 is 5.87. The Balaban J connectivity index is 1.86. The van der Waals surface area contributed by atoms with Gasteiger partial charge in [-0.25, -0.2) is 4.98 Å². The van der Waals surface area contributed by atoms with Crippen LogP contribution in [0.4, 0.5) is 0 Å². The van der Waals surface area contributed by atoms with Crippen molar-refractivity contribution in [3.8, 4) is 0 Å². The minimum Gasteiger partial charge on any atom is -0.333 e. The van der Waals surface area contributed by atoms with E-state index in [9.17, 15) is 0 Å². The normalized spacial score (nSPS) is 24.1. The van der Waals surface area contributed by atoms with E-state index in [1.54, 1.807) is 0 Å². The lowest BCUT2D eigenvalue weighted by molar-refractivity contribution is 0.186. The van der Waals surface area contributed by atoms with Gasteiger partial charge < -0.3 is 4.57 Å². The van der Waals surface area contributed by atoms with E-state index in [1.807, 2.05) is 6.20 Å². The predicted molar refractivity (Wildman–Crippen MR) is 56.5 cm³/mol. The number of imidazole rings is 1. The molecule has 3 heteroatoms. The van der Waals surface area contributed by atoms with Gasteiger partial charge in [-0.15, -0.1) is 0 Å². The monoisotopic (exact) mass is 210 g/mol. The second-order valence-corrected chi connectivity index (χ2v) is 5.23. The average Bonchev–Trinajstić information content (AvgIpc) is 2.60. The van der Waals surface area contributed by atoms with E-state index in [0.29, 0.717) is 10.6 Å². The highest BCUT2D eigenvalue weighted by Gasteiger charge is 2.39. The van der Waals surface area contributed by atoms with Gasteiger partial charge in [-0.3, -0.25) is 0 Å². The van der Waals surface area contributed by atoms with Crippen molar-refractivity contribution in [3.05, 3.63) is 17.2 Å². The SMILES string of the molecule is Clc1cn2c(n1)CC1(CCCCC1)C2. The summed E-state index contributed by atoms with van der Waals surface area (Å²) in [7, 11) is 0. The van der Waals surface area contributed by atoms with Crippen LogP contribution >= 0.6 is 11.6 Å². The lowest BCUT2D eigenvalue weighted by atomic mass is 9.73. The van der Waals surface area contributed by atoms with E-state index < -0.39 is 0 Å². The van der Waals surface area contributed by atoms with E-state index in [4.69, 9.17) is 11.6 Å². The van der Waals surface area contributed by atoms with Crippen molar-refractivity contribution in [2.24, 2.45) is 5.41 Å². The highest BCUT2D eigenvalue weighted by atomic mass is 35.5. The summed E-state index contributed by atoms with van der Waals surface area (Å²) in [5, 5.41) is 0.658. The number of fused-ring (bicyclic) bond motifs is 1. The van der Waals surface area contributed by atoms with E-state index in [-0.39, 0.29) is 0 Å². The Morgan fingerprint density at radius 1 is 1.29 bits per heavy atom. The zero-order chi connectivity index (χ0) is 9.60. The van der Waals surface area contributed by atoms with Crippen molar-refractivity contribution < 1.29 is 0 Å². The molecule has 76 valence electrons. The van der Waals surface area contributed by atoms with Crippen LogP contribution in [0.15, 0.2) is 6.20 Å². The number of halogens is 1. The van der Waals surface area contributed by atoms with Gasteiger partial charge in [-0.05, 0) is 18.3 Å². The number of aromatic nitrogens is 2. The molecule has 0 aromatic carbocycles. The third-order valence-electron chi connectivity index (χ3n) is 3.78. The Labute approximate surface area is 89.3 Å². The van der Waals surface area contributed by atoms with Gasteiger partial charge in [0.05, 0.1) is 0 Å². The van der Waals surface area contributed by atoms with Crippen LogP contribution in [0.2, 0.25) is 5.15 Å². The highest BCUT2D eigenvalue weighted by molar-refractivity contribution is 6.29. The fourth-order valence-electron chi connectivity index (χ4n) is 3.09. The van der Waals surface area contributed by atoms with Crippen molar-refractivity contribution in [1.82, 2.24) is 9.55 Å². The van der Waals surface area contributed by atoms with Crippen molar-refractivity contribution in [3.63, 3.8) is 0 Å². The summed E-state index contributed by atoms with van der Waals surface area (Å²) in [5.74, 6) is 1.21. The summed E-state index contributed by atoms with van der Waals surface area (Å²) in [6, 6.07) is 0. The molecule has 0 atom stereocenters. The second kappa shape index (κ2) is 2.99.